The minimum Gasteiger partial charge on any atom is -0.351 e. The Morgan fingerprint density at radius 2 is 1.73 bits per heavy atom. The molecule has 1 amide bonds. The summed E-state index contributed by atoms with van der Waals surface area (Å²) < 4.78 is 47.5. The maximum atomic E-state index is 14.4. The number of amides is 1. The number of fused-ring (bicyclic) bond motifs is 2. The lowest BCUT2D eigenvalue weighted by Gasteiger charge is -2.31. The van der Waals surface area contributed by atoms with Gasteiger partial charge in [-0.3, -0.25) is 14.5 Å². The Bertz CT molecular complexity index is 2070. The van der Waals surface area contributed by atoms with E-state index in [2.05, 4.69) is 29.1 Å². The van der Waals surface area contributed by atoms with Crippen LogP contribution in [0.25, 0.3) is 33.3 Å². The number of aryl methyl sites for hydroxylation is 3. The van der Waals surface area contributed by atoms with Crippen molar-refractivity contribution in [2.45, 2.75) is 32.5 Å². The van der Waals surface area contributed by atoms with Gasteiger partial charge in [-0.05, 0) is 77.6 Å². The number of anilines is 1. The second kappa shape index (κ2) is 10.8. The van der Waals surface area contributed by atoms with Crippen LogP contribution in [0.2, 0.25) is 0 Å². The van der Waals surface area contributed by atoms with Gasteiger partial charge in [0.05, 0.1) is 17.5 Å². The number of imidazole rings is 1. The molecule has 1 aliphatic rings. The lowest BCUT2D eigenvalue weighted by atomic mass is 9.87. The lowest BCUT2D eigenvalue weighted by molar-refractivity contribution is -0.140. The van der Waals surface area contributed by atoms with Crippen LogP contribution in [0, 0.1) is 0 Å². The van der Waals surface area contributed by atoms with Gasteiger partial charge in [0.25, 0.3) is 5.91 Å². The third-order valence-electron chi connectivity index (χ3n) is 8.48. The smallest absolute Gasteiger partial charge is 0.351 e. The van der Waals surface area contributed by atoms with Crippen LogP contribution in [-0.4, -0.2) is 41.3 Å². The van der Waals surface area contributed by atoms with Crippen molar-refractivity contribution in [3.05, 3.63) is 108 Å². The molecule has 11 heteroatoms. The fourth-order valence-electron chi connectivity index (χ4n) is 6.39. The summed E-state index contributed by atoms with van der Waals surface area (Å²) in [7, 11) is 3.45. The predicted molar refractivity (Wildman–Crippen MR) is 166 cm³/mol. The first-order valence-electron chi connectivity index (χ1n) is 14.7. The molecule has 228 valence electrons. The highest BCUT2D eigenvalue weighted by Gasteiger charge is 2.39. The van der Waals surface area contributed by atoms with Crippen molar-refractivity contribution in [1.29, 1.82) is 0 Å². The van der Waals surface area contributed by atoms with E-state index in [9.17, 15) is 18.0 Å². The summed E-state index contributed by atoms with van der Waals surface area (Å²) in [5.41, 5.74) is 5.62. The van der Waals surface area contributed by atoms with Crippen LogP contribution in [0.3, 0.4) is 0 Å². The number of carbonyl (C=O) groups is 1. The molecular formula is C34H30F3N7O. The molecule has 1 aliphatic heterocycles. The SMILES string of the molecule is CCc1cc(-c2cccn2C)c2nccc(N3CCc4c(cc(Cn5ccnc5)cc4-c4cn(C)nc4C(F)(F)F)C3=O)c2c1. The van der Waals surface area contributed by atoms with Crippen LogP contribution < -0.4 is 4.90 Å². The molecule has 0 saturated carbocycles. The molecule has 0 saturated heterocycles. The third kappa shape index (κ3) is 4.98. The molecule has 0 fully saturated rings. The van der Waals surface area contributed by atoms with Crippen molar-refractivity contribution < 1.29 is 18.0 Å². The molecule has 0 unspecified atom stereocenters. The molecule has 2 aromatic carbocycles. The zero-order valence-corrected chi connectivity index (χ0v) is 25.0. The van der Waals surface area contributed by atoms with E-state index in [0.717, 1.165) is 39.8 Å². The van der Waals surface area contributed by atoms with Gasteiger partial charge in [0.15, 0.2) is 5.69 Å². The number of hydrogen-bond acceptors (Lipinski definition) is 4. The molecule has 0 aliphatic carbocycles. The quantitative estimate of drug-likeness (QED) is 0.212. The van der Waals surface area contributed by atoms with Gasteiger partial charge in [-0.2, -0.15) is 18.3 Å². The monoisotopic (exact) mass is 609 g/mol. The second-order valence-corrected chi connectivity index (χ2v) is 11.4. The van der Waals surface area contributed by atoms with E-state index in [4.69, 9.17) is 4.98 Å². The zero-order valence-electron chi connectivity index (χ0n) is 25.0. The first-order valence-corrected chi connectivity index (χ1v) is 14.7. The average molecular weight is 610 g/mol. The topological polar surface area (TPSA) is 73.8 Å². The zero-order chi connectivity index (χ0) is 31.5. The highest BCUT2D eigenvalue weighted by Crippen LogP contribution is 2.41. The van der Waals surface area contributed by atoms with Crippen LogP contribution in [0.1, 0.15) is 39.7 Å². The van der Waals surface area contributed by atoms with Crippen molar-refractivity contribution in [2.75, 3.05) is 11.4 Å². The van der Waals surface area contributed by atoms with Gasteiger partial charge in [0.2, 0.25) is 0 Å². The number of pyridine rings is 1. The number of alkyl halides is 3. The van der Waals surface area contributed by atoms with Crippen molar-refractivity contribution in [1.82, 2.24) is 28.9 Å². The van der Waals surface area contributed by atoms with Crippen LogP contribution in [-0.2, 0) is 39.7 Å². The van der Waals surface area contributed by atoms with E-state index < -0.39 is 11.9 Å². The Morgan fingerprint density at radius 3 is 2.44 bits per heavy atom. The molecule has 0 N–H and O–H groups in total. The van der Waals surface area contributed by atoms with E-state index >= 15 is 0 Å². The maximum absolute atomic E-state index is 14.4. The average Bonchev–Trinajstić information content (AvgIpc) is 3.78. The van der Waals surface area contributed by atoms with Gasteiger partial charge >= 0.3 is 6.18 Å². The Hall–Kier alpha value is -5.19. The Morgan fingerprint density at radius 1 is 0.933 bits per heavy atom. The number of halogens is 3. The van der Waals surface area contributed by atoms with Crippen molar-refractivity contribution in [3.63, 3.8) is 0 Å². The summed E-state index contributed by atoms with van der Waals surface area (Å²) in [4.78, 5) is 25.0. The minimum absolute atomic E-state index is 0.0378. The lowest BCUT2D eigenvalue weighted by Crippen LogP contribution is -2.38. The van der Waals surface area contributed by atoms with Crippen molar-refractivity contribution in [3.8, 4) is 22.4 Å². The number of nitrogens with zero attached hydrogens (tertiary/aromatic N) is 7. The second-order valence-electron chi connectivity index (χ2n) is 11.4. The highest BCUT2D eigenvalue weighted by molar-refractivity contribution is 6.14. The molecule has 8 nitrogen and oxygen atoms in total. The molecule has 5 heterocycles. The van der Waals surface area contributed by atoms with E-state index in [-0.39, 0.29) is 11.5 Å². The van der Waals surface area contributed by atoms with Crippen LogP contribution in [0.5, 0.6) is 0 Å². The van der Waals surface area contributed by atoms with Crippen LogP contribution >= 0.6 is 0 Å². The summed E-state index contributed by atoms with van der Waals surface area (Å²) in [6.07, 6.45) is 6.64. The largest absolute Gasteiger partial charge is 0.435 e. The molecule has 6 aromatic rings. The summed E-state index contributed by atoms with van der Waals surface area (Å²) >= 11 is 0. The predicted octanol–water partition coefficient (Wildman–Crippen LogP) is 6.67. The van der Waals surface area contributed by atoms with Crippen LogP contribution in [0.15, 0.2) is 79.8 Å². The van der Waals surface area contributed by atoms with Gasteiger partial charge in [0, 0.05) is 85.9 Å². The van der Waals surface area contributed by atoms with Gasteiger partial charge < -0.3 is 14.0 Å². The number of rotatable bonds is 6. The normalized spacial score (nSPS) is 13.6. The van der Waals surface area contributed by atoms with Gasteiger partial charge in [-0.25, -0.2) is 4.98 Å². The molecule has 0 spiro atoms. The van der Waals surface area contributed by atoms with Gasteiger partial charge in [-0.15, -0.1) is 0 Å². The summed E-state index contributed by atoms with van der Waals surface area (Å²) in [6, 6.07) is 13.6. The molecule has 4 aromatic heterocycles. The van der Waals surface area contributed by atoms with E-state index in [1.54, 1.807) is 42.0 Å². The molecular weight excluding hydrogens is 579 g/mol. The summed E-state index contributed by atoms with van der Waals surface area (Å²) in [6.45, 7) is 2.73. The first kappa shape index (κ1) is 28.6. The van der Waals surface area contributed by atoms with Crippen LogP contribution in [0.4, 0.5) is 18.9 Å². The fourth-order valence-corrected chi connectivity index (χ4v) is 6.39. The Kier molecular flexibility index (Phi) is 6.83. The summed E-state index contributed by atoms with van der Waals surface area (Å²) in [5, 5.41) is 4.61. The number of aromatic nitrogens is 6. The third-order valence-corrected chi connectivity index (χ3v) is 8.48. The highest BCUT2D eigenvalue weighted by atomic mass is 19.4. The Labute approximate surface area is 257 Å². The molecule has 0 radical (unpaired) electrons. The fraction of sp³-hybridized carbons (Fsp3) is 0.235. The van der Waals surface area contributed by atoms with Gasteiger partial charge in [0.1, 0.15) is 0 Å². The van der Waals surface area contributed by atoms with Gasteiger partial charge in [-0.1, -0.05) is 6.92 Å². The molecule has 45 heavy (non-hydrogen) atoms. The van der Waals surface area contributed by atoms with E-state index in [1.165, 1.54) is 17.9 Å². The number of hydrogen-bond donors (Lipinski definition) is 0. The molecule has 0 atom stereocenters. The summed E-state index contributed by atoms with van der Waals surface area (Å²) in [5.74, 6) is -0.266. The molecule has 7 rings (SSSR count). The minimum atomic E-state index is -4.66. The van der Waals surface area contributed by atoms with E-state index in [0.29, 0.717) is 41.8 Å². The standard InChI is InChI=1S/C34H30F3N7O/c1-4-21-14-26(29-6-5-11-41(29)2)31-27(15-21)30(7-9-39-31)44-12-8-23-24(28-19-42(3)40-32(28)34(35,36)37)16-22(17-25(23)33(44)45)18-43-13-10-38-20-43/h5-7,9-11,13-17,19-20H,4,8,12,18H2,1-3H3. The number of carbonyl (C=O) groups excluding carboxylic acids is 1. The maximum Gasteiger partial charge on any atom is 0.435 e. The first-order chi connectivity index (χ1) is 21.6. The number of benzene rings is 2. The van der Waals surface area contributed by atoms with Crippen molar-refractivity contribution in [2.24, 2.45) is 14.1 Å². The molecule has 0 bridgehead atoms. The van der Waals surface area contributed by atoms with E-state index in [1.807, 2.05) is 40.6 Å². The Balaban J connectivity index is 1.40. The van der Waals surface area contributed by atoms with Crippen molar-refractivity contribution >= 4 is 22.5 Å².